The summed E-state index contributed by atoms with van der Waals surface area (Å²) in [6, 6.07) is 13.2. The number of carbonyl (C=O) groups is 2. The number of likely N-dealkylation sites (tertiary alicyclic amines) is 1. The fourth-order valence-corrected chi connectivity index (χ4v) is 4.54. The summed E-state index contributed by atoms with van der Waals surface area (Å²) in [6.07, 6.45) is 1.28. The number of aryl methyl sites for hydroxylation is 2. The summed E-state index contributed by atoms with van der Waals surface area (Å²) in [5.74, 6) is -0.170. The van der Waals surface area contributed by atoms with Crippen LogP contribution in [-0.4, -0.2) is 34.8 Å². The van der Waals surface area contributed by atoms with Crippen LogP contribution < -0.4 is 5.32 Å². The number of aromatic nitrogens is 1. The van der Waals surface area contributed by atoms with Gasteiger partial charge in [-0.15, -0.1) is 11.3 Å². The standard InChI is InChI=1S/C24H24ClN3O2S/c1-15-3-4-19(13-16(15)2)21-14-31-24(26-21)27-22(29)17-9-11-28(12-10-17)23(30)18-5-7-20(25)8-6-18/h3-8,13-14,17H,9-12H2,1-2H3,(H,26,27,29). The fraction of sp³-hybridized carbons (Fsp3) is 0.292. The number of rotatable bonds is 4. The first-order chi connectivity index (χ1) is 14.9. The maximum Gasteiger partial charge on any atom is 0.253 e. The molecule has 1 aromatic heterocycles. The highest BCUT2D eigenvalue weighted by Crippen LogP contribution is 2.28. The summed E-state index contributed by atoms with van der Waals surface area (Å²) in [4.78, 5) is 31.8. The van der Waals surface area contributed by atoms with Crippen LogP contribution in [0.2, 0.25) is 5.02 Å². The van der Waals surface area contributed by atoms with Crippen LogP contribution in [0.25, 0.3) is 11.3 Å². The SMILES string of the molecule is Cc1ccc(-c2csc(NC(=O)C3CCN(C(=O)c4ccc(Cl)cc4)CC3)n2)cc1C. The molecule has 2 amide bonds. The van der Waals surface area contributed by atoms with Crippen molar-refractivity contribution in [2.45, 2.75) is 26.7 Å². The van der Waals surface area contributed by atoms with Gasteiger partial charge in [-0.3, -0.25) is 9.59 Å². The molecular formula is C24H24ClN3O2S. The summed E-state index contributed by atoms with van der Waals surface area (Å²) in [6.45, 7) is 5.29. The fourth-order valence-electron chi connectivity index (χ4n) is 3.69. The number of nitrogens with zero attached hydrogens (tertiary/aromatic N) is 2. The number of carbonyl (C=O) groups excluding carboxylic acids is 2. The maximum absolute atomic E-state index is 12.7. The number of hydrogen-bond acceptors (Lipinski definition) is 4. The summed E-state index contributed by atoms with van der Waals surface area (Å²) >= 11 is 7.33. The Morgan fingerprint density at radius 3 is 2.45 bits per heavy atom. The lowest BCUT2D eigenvalue weighted by molar-refractivity contribution is -0.121. The van der Waals surface area contributed by atoms with Gasteiger partial charge in [-0.25, -0.2) is 4.98 Å². The van der Waals surface area contributed by atoms with Crippen LogP contribution in [0.5, 0.6) is 0 Å². The second-order valence-corrected chi connectivity index (χ2v) is 9.19. The molecule has 0 saturated carbocycles. The molecular weight excluding hydrogens is 430 g/mol. The topological polar surface area (TPSA) is 62.3 Å². The highest BCUT2D eigenvalue weighted by Gasteiger charge is 2.28. The van der Waals surface area contributed by atoms with Crippen LogP contribution in [-0.2, 0) is 4.79 Å². The van der Waals surface area contributed by atoms with Gasteiger partial charge >= 0.3 is 0 Å². The Balaban J connectivity index is 1.33. The van der Waals surface area contributed by atoms with E-state index in [2.05, 4.69) is 42.3 Å². The molecule has 2 heterocycles. The van der Waals surface area contributed by atoms with E-state index in [0.29, 0.717) is 41.6 Å². The number of amides is 2. The van der Waals surface area contributed by atoms with E-state index in [1.165, 1.54) is 22.5 Å². The quantitative estimate of drug-likeness (QED) is 0.561. The monoisotopic (exact) mass is 453 g/mol. The van der Waals surface area contributed by atoms with Crippen molar-refractivity contribution in [3.8, 4) is 11.3 Å². The van der Waals surface area contributed by atoms with Crippen LogP contribution in [0.15, 0.2) is 47.8 Å². The van der Waals surface area contributed by atoms with Gasteiger partial charge in [0, 0.05) is 40.5 Å². The van der Waals surface area contributed by atoms with Crippen molar-refractivity contribution >= 4 is 39.9 Å². The van der Waals surface area contributed by atoms with Crippen molar-refractivity contribution in [2.24, 2.45) is 5.92 Å². The van der Waals surface area contributed by atoms with Crippen LogP contribution in [0, 0.1) is 19.8 Å². The molecule has 1 aliphatic rings. The largest absolute Gasteiger partial charge is 0.339 e. The molecule has 31 heavy (non-hydrogen) atoms. The molecule has 0 spiro atoms. The van der Waals surface area contributed by atoms with Gasteiger partial charge in [0.25, 0.3) is 5.91 Å². The minimum absolute atomic E-state index is 0.0199. The number of piperidine rings is 1. The van der Waals surface area contributed by atoms with Crippen molar-refractivity contribution in [2.75, 3.05) is 18.4 Å². The molecule has 2 aromatic carbocycles. The van der Waals surface area contributed by atoms with Gasteiger partial charge in [-0.1, -0.05) is 23.7 Å². The second-order valence-electron chi connectivity index (χ2n) is 7.90. The molecule has 5 nitrogen and oxygen atoms in total. The normalized spacial score (nSPS) is 14.5. The number of thiazole rings is 1. The lowest BCUT2D eigenvalue weighted by Gasteiger charge is -2.31. The van der Waals surface area contributed by atoms with E-state index in [1.54, 1.807) is 29.2 Å². The third kappa shape index (κ3) is 4.97. The lowest BCUT2D eigenvalue weighted by atomic mass is 9.95. The van der Waals surface area contributed by atoms with Gasteiger partial charge < -0.3 is 10.2 Å². The molecule has 1 N–H and O–H groups in total. The molecule has 0 unspecified atom stereocenters. The summed E-state index contributed by atoms with van der Waals surface area (Å²) in [5, 5.41) is 6.14. The zero-order chi connectivity index (χ0) is 22.0. The third-order valence-corrected chi connectivity index (χ3v) is 6.79. The Bertz CT molecular complexity index is 1100. The van der Waals surface area contributed by atoms with Crippen LogP contribution in [0.4, 0.5) is 5.13 Å². The molecule has 1 fully saturated rings. The average Bonchev–Trinajstić information content (AvgIpc) is 3.24. The van der Waals surface area contributed by atoms with Crippen molar-refractivity contribution in [3.05, 3.63) is 69.6 Å². The average molecular weight is 454 g/mol. The predicted molar refractivity (Wildman–Crippen MR) is 126 cm³/mol. The van der Waals surface area contributed by atoms with Crippen molar-refractivity contribution in [3.63, 3.8) is 0 Å². The van der Waals surface area contributed by atoms with Crippen molar-refractivity contribution in [1.82, 2.24) is 9.88 Å². The third-order valence-electron chi connectivity index (χ3n) is 5.78. The Labute approximate surface area is 191 Å². The molecule has 1 aliphatic heterocycles. The van der Waals surface area contributed by atoms with E-state index in [9.17, 15) is 9.59 Å². The lowest BCUT2D eigenvalue weighted by Crippen LogP contribution is -2.41. The van der Waals surface area contributed by atoms with E-state index < -0.39 is 0 Å². The number of anilines is 1. The maximum atomic E-state index is 12.7. The van der Waals surface area contributed by atoms with E-state index in [1.807, 2.05) is 5.38 Å². The molecule has 4 rings (SSSR count). The van der Waals surface area contributed by atoms with Crippen LogP contribution in [0.1, 0.15) is 34.3 Å². The summed E-state index contributed by atoms with van der Waals surface area (Å²) in [5.41, 5.74) is 5.00. The van der Waals surface area contributed by atoms with Gasteiger partial charge in [0.05, 0.1) is 5.69 Å². The Hall–Kier alpha value is -2.70. The first kappa shape index (κ1) is 21.5. The summed E-state index contributed by atoms with van der Waals surface area (Å²) in [7, 11) is 0. The van der Waals surface area contributed by atoms with E-state index in [4.69, 9.17) is 11.6 Å². The van der Waals surface area contributed by atoms with Crippen LogP contribution in [0.3, 0.4) is 0 Å². The summed E-state index contributed by atoms with van der Waals surface area (Å²) < 4.78 is 0. The van der Waals surface area contributed by atoms with Gasteiger partial charge in [0.2, 0.25) is 5.91 Å². The Morgan fingerprint density at radius 2 is 1.77 bits per heavy atom. The number of nitrogens with one attached hydrogen (secondary N) is 1. The smallest absolute Gasteiger partial charge is 0.253 e. The number of benzene rings is 2. The zero-order valence-corrected chi connectivity index (χ0v) is 19.1. The van der Waals surface area contributed by atoms with Crippen LogP contribution >= 0.6 is 22.9 Å². The molecule has 7 heteroatoms. The molecule has 0 radical (unpaired) electrons. The van der Waals surface area contributed by atoms with Crippen molar-refractivity contribution < 1.29 is 9.59 Å². The van der Waals surface area contributed by atoms with Crippen molar-refractivity contribution in [1.29, 1.82) is 0 Å². The van der Waals surface area contributed by atoms with Gasteiger partial charge in [-0.05, 0) is 68.1 Å². The Morgan fingerprint density at radius 1 is 1.06 bits per heavy atom. The molecule has 0 aliphatic carbocycles. The molecule has 0 bridgehead atoms. The molecule has 160 valence electrons. The highest BCUT2D eigenvalue weighted by atomic mass is 35.5. The number of hydrogen-bond donors (Lipinski definition) is 1. The van der Waals surface area contributed by atoms with Gasteiger partial charge in [0.15, 0.2) is 5.13 Å². The Kier molecular flexibility index (Phi) is 6.39. The van der Waals surface area contributed by atoms with Gasteiger partial charge in [-0.2, -0.15) is 0 Å². The highest BCUT2D eigenvalue weighted by molar-refractivity contribution is 7.14. The molecule has 1 saturated heterocycles. The van der Waals surface area contributed by atoms with Gasteiger partial charge in [0.1, 0.15) is 0 Å². The van der Waals surface area contributed by atoms with E-state index >= 15 is 0 Å². The predicted octanol–water partition coefficient (Wildman–Crippen LogP) is 5.57. The van der Waals surface area contributed by atoms with E-state index in [0.717, 1.165) is 11.3 Å². The minimum Gasteiger partial charge on any atom is -0.339 e. The zero-order valence-electron chi connectivity index (χ0n) is 17.5. The minimum atomic E-state index is -0.122. The first-order valence-corrected chi connectivity index (χ1v) is 11.6. The molecule has 3 aromatic rings. The number of halogens is 1. The first-order valence-electron chi connectivity index (χ1n) is 10.3. The molecule has 0 atom stereocenters. The second kappa shape index (κ2) is 9.20. The van der Waals surface area contributed by atoms with E-state index in [-0.39, 0.29) is 17.7 Å².